The van der Waals surface area contributed by atoms with Crippen molar-refractivity contribution >= 4 is 45.1 Å². The molecule has 176 valence electrons. The van der Waals surface area contributed by atoms with Crippen LogP contribution in [0.5, 0.6) is 0 Å². The van der Waals surface area contributed by atoms with Gasteiger partial charge in [0.15, 0.2) is 0 Å². The quantitative estimate of drug-likeness (QED) is 0.199. The molecule has 0 spiro atoms. The van der Waals surface area contributed by atoms with Gasteiger partial charge in [-0.3, -0.25) is 4.90 Å². The van der Waals surface area contributed by atoms with E-state index in [1.165, 1.54) is 0 Å². The number of furan rings is 1. The molecule has 0 radical (unpaired) electrons. The second-order valence-electron chi connectivity index (χ2n) is 8.46. The van der Waals surface area contributed by atoms with Crippen LogP contribution in [0.4, 0.5) is 0 Å². The van der Waals surface area contributed by atoms with Gasteiger partial charge in [0.25, 0.3) is 0 Å². The summed E-state index contributed by atoms with van der Waals surface area (Å²) in [4.78, 5) is 14.3. The van der Waals surface area contributed by atoms with Crippen LogP contribution in [-0.4, -0.2) is 42.3 Å². The van der Waals surface area contributed by atoms with Gasteiger partial charge in [0.05, 0.1) is 0 Å². The minimum Gasteiger partial charge on any atom is -0.461 e. The largest absolute Gasteiger partial charge is 0.461 e. The van der Waals surface area contributed by atoms with Crippen LogP contribution in [0.15, 0.2) is 25.8 Å². The van der Waals surface area contributed by atoms with Crippen LogP contribution in [0, 0.1) is 20.8 Å². The third kappa shape index (κ3) is 5.51. The Hall–Kier alpha value is -1.53. The van der Waals surface area contributed by atoms with E-state index in [1.807, 2.05) is 20.8 Å². The zero-order chi connectivity index (χ0) is 23.3. The highest BCUT2D eigenvalue weighted by atomic mass is 35.5. The van der Waals surface area contributed by atoms with Gasteiger partial charge in [0.1, 0.15) is 16.9 Å². The molecule has 0 fully saturated rings. The molecule has 5 nitrogen and oxygen atoms in total. The van der Waals surface area contributed by atoms with E-state index in [2.05, 4.69) is 23.2 Å². The molecule has 1 atom stereocenters. The van der Waals surface area contributed by atoms with Crippen molar-refractivity contribution in [2.45, 2.75) is 59.5 Å². The molecular formula is C25H34Cl2N2O3. The Morgan fingerprint density at radius 3 is 2.34 bits per heavy atom. The molecule has 1 unspecified atom stereocenters. The first kappa shape index (κ1) is 25.1. The number of hydrogen-bond donors (Lipinski definition) is 1. The Balaban J connectivity index is 1.77. The molecule has 1 N–H and O–H groups in total. The molecule has 0 bridgehead atoms. The van der Waals surface area contributed by atoms with Crippen LogP contribution in [-0.2, 0) is 6.54 Å². The molecule has 1 aromatic carbocycles. The topological polar surface area (TPSA) is 58.6 Å². The van der Waals surface area contributed by atoms with E-state index < -0.39 is 0 Å². The van der Waals surface area contributed by atoms with Gasteiger partial charge >= 0.3 is 5.63 Å². The lowest BCUT2D eigenvalue weighted by Gasteiger charge is -2.30. The summed E-state index contributed by atoms with van der Waals surface area (Å²) in [6.07, 6.45) is 3.32. The zero-order valence-electron chi connectivity index (χ0n) is 19.5. The number of fused-ring (bicyclic) bond motifs is 2. The molecule has 32 heavy (non-hydrogen) atoms. The number of rotatable bonds is 12. The van der Waals surface area contributed by atoms with Crippen LogP contribution >= 0.6 is 23.2 Å². The van der Waals surface area contributed by atoms with Crippen molar-refractivity contribution in [3.05, 3.63) is 45.0 Å². The summed E-state index contributed by atoms with van der Waals surface area (Å²) in [6.45, 7) is 11.5. The van der Waals surface area contributed by atoms with E-state index >= 15 is 0 Å². The summed E-state index contributed by atoms with van der Waals surface area (Å²) >= 11 is 12.0. The van der Waals surface area contributed by atoms with E-state index in [1.54, 1.807) is 6.07 Å². The maximum atomic E-state index is 11.8. The first-order chi connectivity index (χ1) is 15.4. The predicted octanol–water partition coefficient (Wildman–Crippen LogP) is 5.89. The smallest absolute Gasteiger partial charge is 0.336 e. The Bertz CT molecular complexity index is 1100. The van der Waals surface area contributed by atoms with Gasteiger partial charge in [-0.2, -0.15) is 0 Å². The van der Waals surface area contributed by atoms with Crippen molar-refractivity contribution in [1.82, 2.24) is 10.2 Å². The fourth-order valence-corrected chi connectivity index (χ4v) is 5.02. The Kier molecular flexibility index (Phi) is 9.06. The van der Waals surface area contributed by atoms with E-state index in [0.717, 1.165) is 84.2 Å². The second-order valence-corrected chi connectivity index (χ2v) is 9.22. The van der Waals surface area contributed by atoms with Gasteiger partial charge in [0.2, 0.25) is 0 Å². The predicted molar refractivity (Wildman–Crippen MR) is 134 cm³/mol. The zero-order valence-corrected chi connectivity index (χ0v) is 21.0. The van der Waals surface area contributed by atoms with Crippen LogP contribution in [0.3, 0.4) is 0 Å². The van der Waals surface area contributed by atoms with Crippen LogP contribution in [0.1, 0.15) is 48.6 Å². The Morgan fingerprint density at radius 1 is 1.00 bits per heavy atom. The lowest BCUT2D eigenvalue weighted by molar-refractivity contribution is 0.196. The number of nitrogens with one attached hydrogen (secondary N) is 1. The summed E-state index contributed by atoms with van der Waals surface area (Å²) in [5.41, 5.74) is 4.01. The molecule has 2 aromatic heterocycles. The van der Waals surface area contributed by atoms with Crippen molar-refractivity contribution in [2.24, 2.45) is 0 Å². The molecule has 3 rings (SSSR count). The van der Waals surface area contributed by atoms with Crippen molar-refractivity contribution in [3.63, 3.8) is 0 Å². The van der Waals surface area contributed by atoms with Crippen molar-refractivity contribution < 1.29 is 8.83 Å². The highest BCUT2D eigenvalue weighted by molar-refractivity contribution is 6.18. The Labute approximate surface area is 200 Å². The maximum Gasteiger partial charge on any atom is 0.336 e. The average Bonchev–Trinajstić information content (AvgIpc) is 3.07. The maximum absolute atomic E-state index is 11.8. The van der Waals surface area contributed by atoms with Gasteiger partial charge in [-0.15, -0.1) is 23.2 Å². The van der Waals surface area contributed by atoms with Gasteiger partial charge in [-0.1, -0.05) is 13.3 Å². The van der Waals surface area contributed by atoms with Gasteiger partial charge < -0.3 is 14.2 Å². The minimum absolute atomic E-state index is 0.332. The summed E-state index contributed by atoms with van der Waals surface area (Å²) in [5.74, 6) is 2.14. The summed E-state index contributed by atoms with van der Waals surface area (Å²) in [7, 11) is 0. The number of hydrogen-bond acceptors (Lipinski definition) is 5. The van der Waals surface area contributed by atoms with Crippen LogP contribution in [0.25, 0.3) is 21.9 Å². The average molecular weight is 481 g/mol. The number of nitrogens with zero attached hydrogens (tertiary/aromatic N) is 1. The monoisotopic (exact) mass is 480 g/mol. The third-order valence-corrected chi connectivity index (χ3v) is 6.60. The van der Waals surface area contributed by atoms with E-state index in [-0.39, 0.29) is 5.63 Å². The second kappa shape index (κ2) is 11.6. The van der Waals surface area contributed by atoms with Crippen molar-refractivity contribution in [1.29, 1.82) is 0 Å². The van der Waals surface area contributed by atoms with Crippen molar-refractivity contribution in [2.75, 3.05) is 31.4 Å². The SMILES string of the molecule is CCCC(CCNCc1c(C)oc2c(C)c3oc(=O)cc(C)c3cc12)N(CCCl)CCCl. The van der Waals surface area contributed by atoms with E-state index in [4.69, 9.17) is 32.0 Å². The minimum atomic E-state index is -0.332. The van der Waals surface area contributed by atoms with Gasteiger partial charge in [0, 0.05) is 65.4 Å². The molecule has 0 amide bonds. The molecule has 2 heterocycles. The number of aryl methyl sites for hydroxylation is 3. The number of benzene rings is 1. The first-order valence-electron chi connectivity index (χ1n) is 11.4. The molecule has 0 saturated heterocycles. The van der Waals surface area contributed by atoms with Gasteiger partial charge in [-0.05, 0) is 51.8 Å². The molecular weight excluding hydrogens is 447 g/mol. The van der Waals surface area contributed by atoms with Crippen molar-refractivity contribution in [3.8, 4) is 0 Å². The molecule has 7 heteroatoms. The van der Waals surface area contributed by atoms with Crippen LogP contribution in [0.2, 0.25) is 0 Å². The third-order valence-electron chi connectivity index (χ3n) is 6.26. The number of halogens is 2. The highest BCUT2D eigenvalue weighted by Crippen LogP contribution is 2.34. The fourth-order valence-electron chi connectivity index (χ4n) is 4.59. The summed E-state index contributed by atoms with van der Waals surface area (Å²) in [6, 6.07) is 4.11. The van der Waals surface area contributed by atoms with E-state index in [9.17, 15) is 4.79 Å². The summed E-state index contributed by atoms with van der Waals surface area (Å²) < 4.78 is 11.6. The molecule has 0 saturated carbocycles. The molecule has 0 aliphatic rings. The summed E-state index contributed by atoms with van der Waals surface area (Å²) in [5, 5.41) is 5.65. The number of alkyl halides is 2. The molecule has 0 aliphatic heterocycles. The molecule has 3 aromatic rings. The normalized spacial score (nSPS) is 13.0. The lowest BCUT2D eigenvalue weighted by atomic mass is 10.0. The highest BCUT2D eigenvalue weighted by Gasteiger charge is 2.19. The standard InChI is InChI=1S/C25H34Cl2N2O3/c1-5-6-19(29(11-8-26)12-9-27)7-10-28-15-22-18(4)31-25-17(3)24-20(14-21(22)25)16(2)13-23(30)32-24/h13-14,19,28H,5-12,15H2,1-4H3. The fraction of sp³-hybridized carbons (Fsp3) is 0.560. The van der Waals surface area contributed by atoms with E-state index in [0.29, 0.717) is 23.4 Å². The molecule has 0 aliphatic carbocycles. The van der Waals surface area contributed by atoms with Gasteiger partial charge in [-0.25, -0.2) is 4.79 Å². The Morgan fingerprint density at radius 2 is 1.69 bits per heavy atom. The first-order valence-corrected chi connectivity index (χ1v) is 12.5. The van der Waals surface area contributed by atoms with Crippen LogP contribution < -0.4 is 10.9 Å². The lowest BCUT2D eigenvalue weighted by Crippen LogP contribution is -2.40.